The summed E-state index contributed by atoms with van der Waals surface area (Å²) in [6.07, 6.45) is 1.66. The number of carbonyl (C=O) groups excluding carboxylic acids is 1. The summed E-state index contributed by atoms with van der Waals surface area (Å²) in [7, 11) is 0. The fourth-order valence-electron chi connectivity index (χ4n) is 1.06. The molecule has 0 aliphatic rings. The van der Waals surface area contributed by atoms with Crippen molar-refractivity contribution in [3.63, 3.8) is 0 Å². The maximum absolute atomic E-state index is 10.3. The van der Waals surface area contributed by atoms with Crippen LogP contribution >= 0.6 is 0 Å². The first-order valence-corrected chi connectivity index (χ1v) is 4.47. The van der Waals surface area contributed by atoms with E-state index in [9.17, 15) is 4.79 Å². The Labute approximate surface area is 82.7 Å². The van der Waals surface area contributed by atoms with Crippen molar-refractivity contribution < 1.29 is 9.21 Å². The summed E-state index contributed by atoms with van der Waals surface area (Å²) in [6.45, 7) is 3.85. The van der Waals surface area contributed by atoms with Crippen molar-refractivity contribution in [2.24, 2.45) is 5.73 Å². The largest absolute Gasteiger partial charge is 0.468 e. The molecule has 2 amide bonds. The van der Waals surface area contributed by atoms with Crippen molar-refractivity contribution in [2.75, 3.05) is 13.1 Å². The highest BCUT2D eigenvalue weighted by Crippen LogP contribution is 2.07. The molecule has 0 aromatic carbocycles. The van der Waals surface area contributed by atoms with Crippen LogP contribution in [0.3, 0.4) is 0 Å². The zero-order valence-corrected chi connectivity index (χ0v) is 8.17. The van der Waals surface area contributed by atoms with E-state index in [0.717, 1.165) is 11.3 Å². The minimum absolute atomic E-state index is 0.499. The molecule has 5 heteroatoms. The molecule has 0 spiro atoms. The average molecular weight is 197 g/mol. The van der Waals surface area contributed by atoms with Gasteiger partial charge in [-0.05, 0) is 18.6 Å². The van der Waals surface area contributed by atoms with Gasteiger partial charge in [0.25, 0.3) is 0 Å². The van der Waals surface area contributed by atoms with Crippen LogP contribution in [-0.2, 0) is 6.54 Å². The van der Waals surface area contributed by atoms with Gasteiger partial charge < -0.3 is 20.8 Å². The van der Waals surface area contributed by atoms with Crippen molar-refractivity contribution >= 4 is 6.03 Å². The quantitative estimate of drug-likeness (QED) is 0.596. The highest BCUT2D eigenvalue weighted by Gasteiger charge is 1.99. The van der Waals surface area contributed by atoms with Crippen LogP contribution in [0.4, 0.5) is 4.79 Å². The predicted molar refractivity (Wildman–Crippen MR) is 52.7 cm³/mol. The Bertz CT molecular complexity index is 296. The Hall–Kier alpha value is -1.49. The molecule has 1 heterocycles. The lowest BCUT2D eigenvalue weighted by Crippen LogP contribution is -2.35. The van der Waals surface area contributed by atoms with E-state index < -0.39 is 6.03 Å². The first-order chi connectivity index (χ1) is 6.70. The lowest BCUT2D eigenvalue weighted by molar-refractivity contribution is 0.249. The second-order valence-electron chi connectivity index (χ2n) is 2.99. The van der Waals surface area contributed by atoms with Crippen LogP contribution in [0.2, 0.25) is 0 Å². The molecule has 0 bridgehead atoms. The summed E-state index contributed by atoms with van der Waals surface area (Å²) in [4.78, 5) is 10.3. The maximum Gasteiger partial charge on any atom is 0.312 e. The van der Waals surface area contributed by atoms with Gasteiger partial charge in [0, 0.05) is 13.1 Å². The molecule has 1 aromatic rings. The molecule has 0 aliphatic heterocycles. The number of carbonyl (C=O) groups is 1. The second-order valence-corrected chi connectivity index (χ2v) is 2.99. The number of primary amides is 1. The van der Waals surface area contributed by atoms with Crippen molar-refractivity contribution in [3.05, 3.63) is 23.7 Å². The Morgan fingerprint density at radius 2 is 2.36 bits per heavy atom. The number of furan rings is 1. The Morgan fingerprint density at radius 1 is 1.57 bits per heavy atom. The van der Waals surface area contributed by atoms with E-state index in [-0.39, 0.29) is 0 Å². The molecule has 5 nitrogen and oxygen atoms in total. The standard InChI is InChI=1S/C9H15N3O2/c1-7-2-5-14-8(7)6-11-3-4-12-9(10)13/h2,5,11H,3-4,6H2,1H3,(H3,10,12,13). The van der Waals surface area contributed by atoms with Crippen molar-refractivity contribution in [1.82, 2.24) is 10.6 Å². The summed E-state index contributed by atoms with van der Waals surface area (Å²) in [6, 6.07) is 1.42. The summed E-state index contributed by atoms with van der Waals surface area (Å²) >= 11 is 0. The predicted octanol–water partition coefficient (Wildman–Crippen LogP) is 0.346. The Morgan fingerprint density at radius 3 is 2.93 bits per heavy atom. The van der Waals surface area contributed by atoms with E-state index in [2.05, 4.69) is 10.6 Å². The molecule has 0 unspecified atom stereocenters. The SMILES string of the molecule is Cc1ccoc1CNCCNC(N)=O. The molecule has 0 saturated heterocycles. The summed E-state index contributed by atoms with van der Waals surface area (Å²) in [5, 5.41) is 5.61. The zero-order valence-electron chi connectivity index (χ0n) is 8.17. The Balaban J connectivity index is 2.10. The van der Waals surface area contributed by atoms with Gasteiger partial charge in [0.2, 0.25) is 0 Å². The normalized spacial score (nSPS) is 10.1. The van der Waals surface area contributed by atoms with E-state index in [1.165, 1.54) is 0 Å². The summed E-state index contributed by atoms with van der Waals surface area (Å²) < 4.78 is 5.22. The number of hydrogen-bond acceptors (Lipinski definition) is 3. The maximum atomic E-state index is 10.3. The molecule has 78 valence electrons. The summed E-state index contributed by atoms with van der Waals surface area (Å²) in [5.74, 6) is 0.920. The fraction of sp³-hybridized carbons (Fsp3) is 0.444. The van der Waals surface area contributed by atoms with Gasteiger partial charge in [0.05, 0.1) is 12.8 Å². The molecular weight excluding hydrogens is 182 g/mol. The second kappa shape index (κ2) is 5.29. The molecule has 0 saturated carbocycles. The smallest absolute Gasteiger partial charge is 0.312 e. The van der Waals surface area contributed by atoms with Crippen LogP contribution in [0, 0.1) is 6.92 Å². The van der Waals surface area contributed by atoms with Gasteiger partial charge >= 0.3 is 6.03 Å². The van der Waals surface area contributed by atoms with Crippen molar-refractivity contribution in [3.8, 4) is 0 Å². The van der Waals surface area contributed by atoms with Crippen LogP contribution < -0.4 is 16.4 Å². The molecule has 0 fully saturated rings. The number of hydrogen-bond donors (Lipinski definition) is 3. The van der Waals surface area contributed by atoms with Gasteiger partial charge in [-0.2, -0.15) is 0 Å². The van der Waals surface area contributed by atoms with Gasteiger partial charge in [0.15, 0.2) is 0 Å². The molecule has 0 radical (unpaired) electrons. The monoisotopic (exact) mass is 197 g/mol. The van der Waals surface area contributed by atoms with Crippen molar-refractivity contribution in [2.45, 2.75) is 13.5 Å². The minimum Gasteiger partial charge on any atom is -0.468 e. The van der Waals surface area contributed by atoms with Crippen LogP contribution in [0.15, 0.2) is 16.7 Å². The molecule has 1 aromatic heterocycles. The lowest BCUT2D eigenvalue weighted by atomic mass is 10.3. The fourth-order valence-corrected chi connectivity index (χ4v) is 1.06. The van der Waals surface area contributed by atoms with Crippen LogP contribution in [0.1, 0.15) is 11.3 Å². The molecule has 0 aliphatic carbocycles. The van der Waals surface area contributed by atoms with Gasteiger partial charge in [0.1, 0.15) is 5.76 Å². The van der Waals surface area contributed by atoms with Gasteiger partial charge in [-0.25, -0.2) is 4.79 Å². The van der Waals surface area contributed by atoms with Gasteiger partial charge in [-0.15, -0.1) is 0 Å². The molecule has 1 rings (SSSR count). The summed E-state index contributed by atoms with van der Waals surface area (Å²) in [5.41, 5.74) is 6.02. The molecule has 0 atom stereocenters. The van der Waals surface area contributed by atoms with E-state index in [1.807, 2.05) is 13.0 Å². The third-order valence-corrected chi connectivity index (χ3v) is 1.85. The number of amides is 2. The molecule has 4 N–H and O–H groups in total. The first-order valence-electron chi connectivity index (χ1n) is 4.47. The van der Waals surface area contributed by atoms with E-state index >= 15 is 0 Å². The third-order valence-electron chi connectivity index (χ3n) is 1.85. The highest BCUT2D eigenvalue weighted by atomic mass is 16.3. The number of nitrogens with two attached hydrogens (primary N) is 1. The number of aryl methyl sites for hydroxylation is 1. The van der Waals surface area contributed by atoms with E-state index in [4.69, 9.17) is 10.2 Å². The number of nitrogens with one attached hydrogen (secondary N) is 2. The lowest BCUT2D eigenvalue weighted by Gasteiger charge is -2.03. The van der Waals surface area contributed by atoms with Crippen LogP contribution in [0.25, 0.3) is 0 Å². The molecular formula is C9H15N3O2. The van der Waals surface area contributed by atoms with Crippen LogP contribution in [0.5, 0.6) is 0 Å². The number of rotatable bonds is 5. The van der Waals surface area contributed by atoms with Gasteiger partial charge in [-0.3, -0.25) is 0 Å². The zero-order chi connectivity index (χ0) is 10.4. The van der Waals surface area contributed by atoms with Crippen LogP contribution in [-0.4, -0.2) is 19.1 Å². The van der Waals surface area contributed by atoms with Crippen molar-refractivity contribution in [1.29, 1.82) is 0 Å². The van der Waals surface area contributed by atoms with Gasteiger partial charge in [-0.1, -0.05) is 0 Å². The highest BCUT2D eigenvalue weighted by molar-refractivity contribution is 5.71. The van der Waals surface area contributed by atoms with E-state index in [0.29, 0.717) is 19.6 Å². The topological polar surface area (TPSA) is 80.3 Å². The first kappa shape index (κ1) is 10.6. The third kappa shape index (κ3) is 3.49. The molecule has 14 heavy (non-hydrogen) atoms. The number of urea groups is 1. The minimum atomic E-state index is -0.499. The average Bonchev–Trinajstić information content (AvgIpc) is 2.51. The Kier molecular flexibility index (Phi) is 4.00. The van der Waals surface area contributed by atoms with E-state index in [1.54, 1.807) is 6.26 Å².